The van der Waals surface area contributed by atoms with E-state index in [1.807, 2.05) is 65.0 Å². The normalized spacial score (nSPS) is 14.2. The molecule has 1 aromatic carbocycles. The van der Waals surface area contributed by atoms with Crippen LogP contribution in [0.15, 0.2) is 48.7 Å². The van der Waals surface area contributed by atoms with Crippen LogP contribution in [-0.2, 0) is 11.2 Å². The minimum absolute atomic E-state index is 0.105. The lowest BCUT2D eigenvalue weighted by Gasteiger charge is -2.34. The van der Waals surface area contributed by atoms with E-state index in [4.69, 9.17) is 10.7 Å². The number of nitrogens with two attached hydrogens (primary N) is 1. The molecule has 4 heterocycles. The number of aromatic amines is 1. The molecule has 5 rings (SSSR count). The molecular weight excluding hydrogens is 406 g/mol. The van der Waals surface area contributed by atoms with Gasteiger partial charge in [0.1, 0.15) is 5.52 Å². The lowest BCUT2D eigenvalue weighted by molar-refractivity contribution is -0.130. The third-order valence-corrected chi connectivity index (χ3v) is 5.55. The highest BCUT2D eigenvalue weighted by atomic mass is 16.2. The Morgan fingerprint density at radius 1 is 1.16 bits per heavy atom. The Bertz CT molecular complexity index is 1250. The highest BCUT2D eigenvalue weighted by Crippen LogP contribution is 2.22. The molecule has 0 radical (unpaired) electrons. The van der Waals surface area contributed by atoms with Gasteiger partial charge in [0.15, 0.2) is 11.6 Å². The van der Waals surface area contributed by atoms with Crippen molar-refractivity contribution in [1.82, 2.24) is 29.7 Å². The number of fused-ring (bicyclic) bond motifs is 1. The third-order valence-electron chi connectivity index (χ3n) is 5.55. The van der Waals surface area contributed by atoms with Crippen molar-refractivity contribution in [2.75, 3.05) is 42.1 Å². The van der Waals surface area contributed by atoms with Crippen LogP contribution < -0.4 is 16.0 Å². The van der Waals surface area contributed by atoms with Gasteiger partial charge >= 0.3 is 0 Å². The number of amides is 1. The van der Waals surface area contributed by atoms with Crippen LogP contribution in [0.5, 0.6) is 0 Å². The average molecular weight is 432 g/mol. The maximum absolute atomic E-state index is 12.7. The first-order valence-corrected chi connectivity index (χ1v) is 10.6. The summed E-state index contributed by atoms with van der Waals surface area (Å²) in [7, 11) is 0. The van der Waals surface area contributed by atoms with Crippen molar-refractivity contribution in [3.05, 3.63) is 59.9 Å². The molecule has 3 aromatic heterocycles. The highest BCUT2D eigenvalue weighted by molar-refractivity contribution is 5.79. The molecular formula is C22H25N9O. The molecule has 1 saturated heterocycles. The largest absolute Gasteiger partial charge is 0.399 e. The van der Waals surface area contributed by atoms with Gasteiger partial charge in [-0.2, -0.15) is 10.1 Å². The van der Waals surface area contributed by atoms with Crippen molar-refractivity contribution in [1.29, 1.82) is 0 Å². The Balaban J connectivity index is 1.29. The number of nitrogens with zero attached hydrogens (tertiary/aromatic N) is 6. The summed E-state index contributed by atoms with van der Waals surface area (Å²) in [5, 5.41) is 15.1. The summed E-state index contributed by atoms with van der Waals surface area (Å²) in [5.74, 6) is 2.11. The number of carbonyl (C=O) groups is 1. The van der Waals surface area contributed by atoms with E-state index in [0.717, 1.165) is 16.8 Å². The Morgan fingerprint density at radius 2 is 2.00 bits per heavy atom. The van der Waals surface area contributed by atoms with Crippen molar-refractivity contribution in [2.45, 2.75) is 13.3 Å². The number of hydrogen-bond acceptors (Lipinski definition) is 7. The summed E-state index contributed by atoms with van der Waals surface area (Å²) in [6.07, 6.45) is 2.25. The van der Waals surface area contributed by atoms with E-state index >= 15 is 0 Å². The van der Waals surface area contributed by atoms with Gasteiger partial charge in [-0.3, -0.25) is 9.89 Å². The fraction of sp³-hybridized carbons (Fsp3) is 0.273. The minimum atomic E-state index is 0.105. The molecule has 1 aliphatic heterocycles. The zero-order chi connectivity index (χ0) is 22.1. The average Bonchev–Trinajstić information content (AvgIpc) is 3.42. The van der Waals surface area contributed by atoms with E-state index in [1.54, 1.807) is 0 Å². The third kappa shape index (κ3) is 4.07. The quantitative estimate of drug-likeness (QED) is 0.413. The predicted octanol–water partition coefficient (Wildman–Crippen LogP) is 1.98. The number of hydrogen-bond donors (Lipinski definition) is 3. The summed E-state index contributed by atoms with van der Waals surface area (Å²) >= 11 is 0. The predicted molar refractivity (Wildman–Crippen MR) is 123 cm³/mol. The molecule has 0 bridgehead atoms. The van der Waals surface area contributed by atoms with E-state index in [1.165, 1.54) is 0 Å². The summed E-state index contributed by atoms with van der Waals surface area (Å²) in [6, 6.07) is 13.3. The topological polar surface area (TPSA) is 120 Å². The maximum Gasteiger partial charge on any atom is 0.245 e. The van der Waals surface area contributed by atoms with Crippen LogP contribution in [0.4, 0.5) is 23.3 Å². The van der Waals surface area contributed by atoms with Gasteiger partial charge < -0.3 is 20.9 Å². The molecule has 32 heavy (non-hydrogen) atoms. The van der Waals surface area contributed by atoms with E-state index in [0.29, 0.717) is 55.9 Å². The smallest absolute Gasteiger partial charge is 0.245 e. The zero-order valence-corrected chi connectivity index (χ0v) is 17.8. The molecule has 0 atom stereocenters. The fourth-order valence-electron chi connectivity index (χ4n) is 3.90. The highest BCUT2D eigenvalue weighted by Gasteiger charge is 2.24. The molecule has 0 aliphatic carbocycles. The van der Waals surface area contributed by atoms with Crippen molar-refractivity contribution in [3.8, 4) is 0 Å². The van der Waals surface area contributed by atoms with Crippen molar-refractivity contribution < 1.29 is 4.79 Å². The number of nitrogen functional groups attached to an aromatic ring is 1. The number of piperazine rings is 1. The second kappa shape index (κ2) is 8.22. The van der Waals surface area contributed by atoms with Crippen molar-refractivity contribution in [3.63, 3.8) is 0 Å². The summed E-state index contributed by atoms with van der Waals surface area (Å²) < 4.78 is 1.81. The van der Waals surface area contributed by atoms with E-state index in [-0.39, 0.29) is 5.91 Å². The molecule has 0 unspecified atom stereocenters. The molecule has 4 aromatic rings. The summed E-state index contributed by atoms with van der Waals surface area (Å²) in [4.78, 5) is 21.5. The van der Waals surface area contributed by atoms with E-state index < -0.39 is 0 Å². The zero-order valence-electron chi connectivity index (χ0n) is 17.8. The number of rotatable bonds is 5. The monoisotopic (exact) mass is 431 g/mol. The van der Waals surface area contributed by atoms with Crippen LogP contribution in [-0.4, -0.2) is 61.8 Å². The number of carbonyl (C=O) groups excluding carboxylic acids is 1. The lowest BCUT2D eigenvalue weighted by Crippen LogP contribution is -2.49. The second-order valence-corrected chi connectivity index (χ2v) is 7.95. The Kier molecular flexibility index (Phi) is 5.10. The first-order valence-electron chi connectivity index (χ1n) is 10.6. The minimum Gasteiger partial charge on any atom is -0.399 e. The van der Waals surface area contributed by atoms with Gasteiger partial charge in [0.05, 0.1) is 6.42 Å². The Hall–Kier alpha value is -4.08. The fourth-order valence-corrected chi connectivity index (χ4v) is 3.90. The number of H-pyrrole nitrogens is 1. The molecule has 1 amide bonds. The molecule has 0 saturated carbocycles. The molecule has 10 nitrogen and oxygen atoms in total. The first kappa shape index (κ1) is 19.9. The van der Waals surface area contributed by atoms with Crippen molar-refractivity contribution in [2.24, 2.45) is 0 Å². The molecule has 4 N–H and O–H groups in total. The van der Waals surface area contributed by atoms with Gasteiger partial charge in [-0.1, -0.05) is 12.1 Å². The summed E-state index contributed by atoms with van der Waals surface area (Å²) in [5.41, 5.74) is 9.27. The lowest BCUT2D eigenvalue weighted by atomic mass is 10.1. The SMILES string of the molecule is Cc1cc(Nc2nc(N3CCN(C(=O)Cc4cccc(N)c4)CC3)nn3cccc23)n[nH]1. The van der Waals surface area contributed by atoms with Crippen molar-refractivity contribution >= 4 is 34.7 Å². The van der Waals surface area contributed by atoms with Gasteiger partial charge in [0.2, 0.25) is 11.9 Å². The van der Waals surface area contributed by atoms with Gasteiger partial charge in [-0.25, -0.2) is 4.52 Å². The van der Waals surface area contributed by atoms with Crippen LogP contribution >= 0.6 is 0 Å². The maximum atomic E-state index is 12.7. The first-order chi connectivity index (χ1) is 15.5. The second-order valence-electron chi connectivity index (χ2n) is 7.95. The number of anilines is 4. The number of aryl methyl sites for hydroxylation is 1. The van der Waals surface area contributed by atoms with Crippen LogP contribution in [0.2, 0.25) is 0 Å². The Labute approximate surface area is 185 Å². The standard InChI is InChI=1S/C22H25N9O/c1-15-12-19(27-26-15)24-21-18-6-3-7-31(18)28-22(25-21)30-10-8-29(9-11-30)20(32)14-16-4-2-5-17(23)13-16/h2-7,12-13H,8-11,14,23H2,1H3,(H2,24,25,26,27,28). The van der Waals surface area contributed by atoms with E-state index in [2.05, 4.69) is 25.5 Å². The Morgan fingerprint density at radius 3 is 2.75 bits per heavy atom. The van der Waals surface area contributed by atoms with Crippen LogP contribution in [0, 0.1) is 6.92 Å². The molecule has 10 heteroatoms. The molecule has 0 spiro atoms. The van der Waals surface area contributed by atoms with E-state index in [9.17, 15) is 4.79 Å². The molecule has 164 valence electrons. The molecule has 1 aliphatic rings. The van der Waals surface area contributed by atoms with Gasteiger partial charge in [-0.15, -0.1) is 5.10 Å². The van der Waals surface area contributed by atoms with Gasteiger partial charge in [0, 0.05) is 49.8 Å². The van der Waals surface area contributed by atoms with Crippen LogP contribution in [0.1, 0.15) is 11.3 Å². The van der Waals surface area contributed by atoms with Crippen LogP contribution in [0.25, 0.3) is 5.52 Å². The van der Waals surface area contributed by atoms with Gasteiger partial charge in [0.25, 0.3) is 0 Å². The number of nitrogens with one attached hydrogen (secondary N) is 2. The number of aromatic nitrogens is 5. The number of benzene rings is 1. The summed E-state index contributed by atoms with van der Waals surface area (Å²) in [6.45, 7) is 4.52. The van der Waals surface area contributed by atoms with Crippen LogP contribution in [0.3, 0.4) is 0 Å². The molecule has 1 fully saturated rings. The van der Waals surface area contributed by atoms with Gasteiger partial charge in [-0.05, 0) is 36.8 Å².